The van der Waals surface area contributed by atoms with Crippen molar-refractivity contribution in [2.75, 3.05) is 0 Å². The van der Waals surface area contributed by atoms with Crippen molar-refractivity contribution in [1.82, 2.24) is 9.13 Å². The number of hydrogen-bond acceptors (Lipinski definition) is 0. The molecule has 0 saturated carbocycles. The standard InChI is InChI=1S/C60H42N2Si/c1-6-22-43(23-7-1)45-26-20-27-46(42-45)61-55-38-19-17-35-53(55)58-50(44-24-8-2-9-25-44)40-41-56(60(58)61)62-54-37-18-16-34-51(54)52-36-21-39-57(59(52)62)63(47-28-10-3-11-29-47,48-30-12-4-13-31-48)49-32-14-5-15-33-49/h1-42H. The average molecular weight is 819 g/mol. The Morgan fingerprint density at radius 3 is 1.40 bits per heavy atom. The van der Waals surface area contributed by atoms with Crippen LogP contribution in [0.3, 0.4) is 0 Å². The van der Waals surface area contributed by atoms with Crippen LogP contribution in [0.15, 0.2) is 255 Å². The highest BCUT2D eigenvalue weighted by molar-refractivity contribution is 7.20. The molecule has 0 fully saturated rings. The Kier molecular flexibility index (Phi) is 8.87. The van der Waals surface area contributed by atoms with Gasteiger partial charge < -0.3 is 9.13 Å². The van der Waals surface area contributed by atoms with Crippen LogP contribution >= 0.6 is 0 Å². The van der Waals surface area contributed by atoms with Crippen molar-refractivity contribution in [1.29, 1.82) is 0 Å². The molecule has 296 valence electrons. The van der Waals surface area contributed by atoms with Crippen molar-refractivity contribution in [3.63, 3.8) is 0 Å². The molecule has 3 heteroatoms. The quantitative estimate of drug-likeness (QED) is 0.107. The third kappa shape index (κ3) is 5.78. The number of benzene rings is 10. The zero-order chi connectivity index (χ0) is 41.7. The van der Waals surface area contributed by atoms with E-state index in [1.54, 1.807) is 0 Å². The third-order valence-electron chi connectivity index (χ3n) is 13.1. The predicted molar refractivity (Wildman–Crippen MR) is 270 cm³/mol. The summed E-state index contributed by atoms with van der Waals surface area (Å²) in [5, 5.41) is 10.3. The van der Waals surface area contributed by atoms with E-state index < -0.39 is 8.07 Å². The predicted octanol–water partition coefficient (Wildman–Crippen LogP) is 12.6. The average Bonchev–Trinajstić information content (AvgIpc) is 3.90. The Hall–Kier alpha value is -7.98. The van der Waals surface area contributed by atoms with Gasteiger partial charge in [0.15, 0.2) is 8.07 Å². The van der Waals surface area contributed by atoms with Crippen molar-refractivity contribution in [2.24, 2.45) is 0 Å². The maximum absolute atomic E-state index is 3.00. The molecule has 10 aromatic carbocycles. The summed E-state index contributed by atoms with van der Waals surface area (Å²) in [7, 11) is -3.00. The minimum Gasteiger partial charge on any atom is -0.307 e. The number of aromatic nitrogens is 2. The lowest BCUT2D eigenvalue weighted by Crippen LogP contribution is -2.75. The van der Waals surface area contributed by atoms with E-state index in [0.29, 0.717) is 0 Å². The molecule has 12 aromatic rings. The SMILES string of the molecule is c1ccc(-c2cccc(-n3c4ccccc4c4c(-c5ccccc5)ccc(-n5c6ccccc6c6cccc([Si](c7ccccc7)(c7ccccc7)c7ccccc7)c65)c43)c2)cc1. The van der Waals surface area contributed by atoms with Crippen LogP contribution in [0.2, 0.25) is 0 Å². The van der Waals surface area contributed by atoms with Gasteiger partial charge in [0.1, 0.15) is 0 Å². The second-order valence-electron chi connectivity index (χ2n) is 16.4. The molecule has 2 aromatic heterocycles. The van der Waals surface area contributed by atoms with Crippen LogP contribution in [0.5, 0.6) is 0 Å². The van der Waals surface area contributed by atoms with Crippen LogP contribution in [0.25, 0.3) is 77.2 Å². The smallest absolute Gasteiger partial charge is 0.181 e. The van der Waals surface area contributed by atoms with Gasteiger partial charge in [-0.1, -0.05) is 224 Å². The fourth-order valence-corrected chi connectivity index (χ4v) is 15.4. The van der Waals surface area contributed by atoms with Crippen molar-refractivity contribution < 1.29 is 0 Å². The summed E-state index contributed by atoms with van der Waals surface area (Å²) in [5.74, 6) is 0. The highest BCUT2D eigenvalue weighted by Crippen LogP contribution is 2.44. The number of rotatable bonds is 8. The van der Waals surface area contributed by atoms with E-state index in [9.17, 15) is 0 Å². The lowest BCUT2D eigenvalue weighted by Gasteiger charge is -2.35. The van der Waals surface area contributed by atoms with E-state index in [2.05, 4.69) is 264 Å². The summed E-state index contributed by atoms with van der Waals surface area (Å²) < 4.78 is 5.14. The molecule has 12 rings (SSSR count). The van der Waals surface area contributed by atoms with Gasteiger partial charge in [0.25, 0.3) is 0 Å². The summed E-state index contributed by atoms with van der Waals surface area (Å²) in [6.07, 6.45) is 0. The summed E-state index contributed by atoms with van der Waals surface area (Å²) in [5.41, 5.74) is 11.8. The molecule has 0 spiro atoms. The Morgan fingerprint density at radius 2 is 0.778 bits per heavy atom. The molecule has 2 heterocycles. The van der Waals surface area contributed by atoms with E-state index in [0.717, 1.165) is 11.4 Å². The number of para-hydroxylation sites is 3. The van der Waals surface area contributed by atoms with Crippen LogP contribution < -0.4 is 20.7 Å². The maximum Gasteiger partial charge on any atom is 0.181 e. The summed E-state index contributed by atoms with van der Waals surface area (Å²) >= 11 is 0. The molecule has 0 bridgehead atoms. The molecule has 0 aliphatic carbocycles. The summed E-state index contributed by atoms with van der Waals surface area (Å²) in [6, 6.07) is 94.4. The molecule has 0 aliphatic rings. The van der Waals surface area contributed by atoms with E-state index in [-0.39, 0.29) is 0 Å². The van der Waals surface area contributed by atoms with Crippen LogP contribution in [0, 0.1) is 0 Å². The Morgan fingerprint density at radius 1 is 0.302 bits per heavy atom. The topological polar surface area (TPSA) is 9.86 Å². The zero-order valence-corrected chi connectivity index (χ0v) is 35.6. The first-order valence-electron chi connectivity index (χ1n) is 21.8. The lowest BCUT2D eigenvalue weighted by atomic mass is 9.98. The van der Waals surface area contributed by atoms with E-state index >= 15 is 0 Å². The molecule has 0 radical (unpaired) electrons. The molecular weight excluding hydrogens is 777 g/mol. The largest absolute Gasteiger partial charge is 0.307 e. The van der Waals surface area contributed by atoms with Gasteiger partial charge in [-0.2, -0.15) is 0 Å². The van der Waals surface area contributed by atoms with Gasteiger partial charge >= 0.3 is 0 Å². The first kappa shape index (κ1) is 36.8. The van der Waals surface area contributed by atoms with Gasteiger partial charge in [0.05, 0.1) is 27.8 Å². The fraction of sp³-hybridized carbons (Fsp3) is 0. The summed E-state index contributed by atoms with van der Waals surface area (Å²) in [4.78, 5) is 0. The normalized spacial score (nSPS) is 11.8. The molecule has 2 nitrogen and oxygen atoms in total. The Labute approximate surface area is 368 Å². The van der Waals surface area contributed by atoms with Gasteiger partial charge in [-0.3, -0.25) is 0 Å². The van der Waals surface area contributed by atoms with Gasteiger partial charge in [0, 0.05) is 27.2 Å². The van der Waals surface area contributed by atoms with Crippen LogP contribution in [-0.4, -0.2) is 17.2 Å². The van der Waals surface area contributed by atoms with Gasteiger partial charge in [-0.05, 0) is 73.3 Å². The molecular formula is C60H42N2Si. The maximum atomic E-state index is 2.62. The molecule has 0 saturated heterocycles. The van der Waals surface area contributed by atoms with Crippen molar-refractivity contribution in [3.8, 4) is 33.6 Å². The second kappa shape index (κ2) is 15.2. The van der Waals surface area contributed by atoms with E-state index in [1.165, 1.54) is 86.6 Å². The Balaban J connectivity index is 1.29. The molecule has 0 aliphatic heterocycles. The molecule has 0 unspecified atom stereocenters. The first-order chi connectivity index (χ1) is 31.3. The van der Waals surface area contributed by atoms with Crippen LogP contribution in [0.1, 0.15) is 0 Å². The number of nitrogens with zero attached hydrogens (tertiary/aromatic N) is 2. The van der Waals surface area contributed by atoms with E-state index in [4.69, 9.17) is 0 Å². The fourth-order valence-electron chi connectivity index (χ4n) is 10.4. The molecule has 0 N–H and O–H groups in total. The van der Waals surface area contributed by atoms with Gasteiger partial charge in [0.2, 0.25) is 0 Å². The van der Waals surface area contributed by atoms with Gasteiger partial charge in [-0.15, -0.1) is 0 Å². The molecule has 0 amide bonds. The lowest BCUT2D eigenvalue weighted by molar-refractivity contribution is 1.13. The molecule has 0 atom stereocenters. The number of hydrogen-bond donors (Lipinski definition) is 0. The highest BCUT2D eigenvalue weighted by Gasteiger charge is 2.43. The van der Waals surface area contributed by atoms with E-state index in [1.807, 2.05) is 0 Å². The number of fused-ring (bicyclic) bond motifs is 6. The third-order valence-corrected chi connectivity index (χ3v) is 17.9. The zero-order valence-electron chi connectivity index (χ0n) is 34.6. The second-order valence-corrected chi connectivity index (χ2v) is 20.2. The minimum absolute atomic E-state index is 1.12. The minimum atomic E-state index is -3.00. The summed E-state index contributed by atoms with van der Waals surface area (Å²) in [6.45, 7) is 0. The van der Waals surface area contributed by atoms with Gasteiger partial charge in [-0.25, -0.2) is 0 Å². The Bertz CT molecular complexity index is 3500. The van der Waals surface area contributed by atoms with Crippen molar-refractivity contribution in [3.05, 3.63) is 255 Å². The van der Waals surface area contributed by atoms with Crippen LogP contribution in [-0.2, 0) is 0 Å². The van der Waals surface area contributed by atoms with Crippen molar-refractivity contribution in [2.45, 2.75) is 0 Å². The van der Waals surface area contributed by atoms with Crippen molar-refractivity contribution >= 4 is 72.4 Å². The monoisotopic (exact) mass is 818 g/mol. The first-order valence-corrected chi connectivity index (χ1v) is 23.8. The highest BCUT2D eigenvalue weighted by atomic mass is 28.3. The van der Waals surface area contributed by atoms with Crippen LogP contribution in [0.4, 0.5) is 0 Å². The molecule has 63 heavy (non-hydrogen) atoms.